The van der Waals surface area contributed by atoms with Crippen molar-refractivity contribution in [3.8, 4) is 0 Å². The molecule has 5 nitrogen and oxygen atoms in total. The summed E-state index contributed by atoms with van der Waals surface area (Å²) in [6.07, 6.45) is 0. The molecule has 26 heavy (non-hydrogen) atoms. The highest BCUT2D eigenvalue weighted by Gasteiger charge is 2.22. The second kappa shape index (κ2) is 9.50. The number of nitrogens with zero attached hydrogens (tertiary/aromatic N) is 1. The summed E-state index contributed by atoms with van der Waals surface area (Å²) in [4.78, 5) is 26.5. The summed E-state index contributed by atoms with van der Waals surface area (Å²) in [6, 6.07) is 12.8. The lowest BCUT2D eigenvalue weighted by Crippen LogP contribution is -2.87. The topological polar surface area (TPSA) is 66.0 Å². The van der Waals surface area contributed by atoms with Gasteiger partial charge in [0, 0.05) is 19.7 Å². The van der Waals surface area contributed by atoms with E-state index in [4.69, 9.17) is 0 Å². The molecule has 0 radical (unpaired) electrons. The Bertz CT molecular complexity index is 711. The van der Waals surface area contributed by atoms with E-state index in [9.17, 15) is 9.59 Å². The number of hydrogen-bond donors (Lipinski definition) is 2. The first-order chi connectivity index (χ1) is 12.4. The van der Waals surface area contributed by atoms with Gasteiger partial charge in [0.25, 0.3) is 5.91 Å². The van der Waals surface area contributed by atoms with Crippen LogP contribution in [-0.2, 0) is 9.59 Å². The largest absolute Gasteiger partial charge is 0.358 e. The molecule has 0 saturated carbocycles. The van der Waals surface area contributed by atoms with E-state index in [1.54, 1.807) is 25.4 Å². The number of likely N-dealkylation sites (N-methyl/N-ethyl adjacent to an activating group) is 2. The molecule has 2 aromatic rings. The van der Waals surface area contributed by atoms with Crippen LogP contribution < -0.4 is 10.6 Å². The Hall–Kier alpha value is -2.18. The summed E-state index contributed by atoms with van der Waals surface area (Å²) in [6.45, 7) is 4.73. The zero-order valence-corrected chi connectivity index (χ0v) is 16.7. The number of benzene rings is 1. The predicted molar refractivity (Wildman–Crippen MR) is 105 cm³/mol. The van der Waals surface area contributed by atoms with Crippen LogP contribution in [-0.4, -0.2) is 43.9 Å². The van der Waals surface area contributed by atoms with Crippen molar-refractivity contribution in [1.29, 1.82) is 0 Å². The monoisotopic (exact) mass is 374 g/mol. The molecule has 6 heteroatoms. The lowest BCUT2D eigenvalue weighted by molar-refractivity contribution is -0.676. The van der Waals surface area contributed by atoms with Gasteiger partial charge in [-0.3, -0.25) is 9.59 Å². The fourth-order valence-electron chi connectivity index (χ4n) is 2.73. The number of nitrogens with two attached hydrogens (primary N) is 1. The summed E-state index contributed by atoms with van der Waals surface area (Å²) in [7, 11) is 3.23. The van der Waals surface area contributed by atoms with Gasteiger partial charge in [-0.2, -0.15) is 0 Å². The van der Waals surface area contributed by atoms with Gasteiger partial charge in [-0.1, -0.05) is 44.2 Å². The molecule has 0 aliphatic carbocycles. The van der Waals surface area contributed by atoms with Gasteiger partial charge in [0.1, 0.15) is 6.04 Å². The fourth-order valence-corrected chi connectivity index (χ4v) is 3.58. The molecule has 0 saturated heterocycles. The number of carbonyl (C=O) groups excluding carboxylic acids is 2. The number of carbonyl (C=O) groups is 2. The van der Waals surface area contributed by atoms with Gasteiger partial charge in [-0.25, -0.2) is 0 Å². The fraction of sp³-hybridized carbons (Fsp3) is 0.400. The van der Waals surface area contributed by atoms with Crippen LogP contribution in [0.1, 0.15) is 41.8 Å². The summed E-state index contributed by atoms with van der Waals surface area (Å²) in [5.74, 6) is 0.266. The molecule has 0 aliphatic heterocycles. The molecular formula is C20H28N3O2S+. The van der Waals surface area contributed by atoms with Crippen LogP contribution in [0.2, 0.25) is 0 Å². The van der Waals surface area contributed by atoms with E-state index in [0.29, 0.717) is 12.5 Å². The normalized spacial score (nSPS) is 12.0. The Balaban J connectivity index is 2.09. The van der Waals surface area contributed by atoms with E-state index in [1.165, 1.54) is 20.9 Å². The quantitative estimate of drug-likeness (QED) is 0.739. The van der Waals surface area contributed by atoms with Crippen molar-refractivity contribution in [3.05, 3.63) is 57.8 Å². The number of nitrogens with one attached hydrogen (secondary N) is 1. The molecule has 0 aliphatic rings. The lowest BCUT2D eigenvalue weighted by Gasteiger charge is -2.19. The number of quaternary nitrogens is 1. The average Bonchev–Trinajstić information content (AvgIpc) is 3.16. The first-order valence-electron chi connectivity index (χ1n) is 8.83. The van der Waals surface area contributed by atoms with Gasteiger partial charge in [0.2, 0.25) is 5.91 Å². The molecule has 1 heterocycles. The van der Waals surface area contributed by atoms with Crippen LogP contribution in [0.5, 0.6) is 0 Å². The van der Waals surface area contributed by atoms with Crippen LogP contribution in [0.15, 0.2) is 41.8 Å². The van der Waals surface area contributed by atoms with Crippen molar-refractivity contribution in [2.45, 2.75) is 25.8 Å². The van der Waals surface area contributed by atoms with E-state index < -0.39 is 0 Å². The number of rotatable bonds is 8. The molecule has 2 amide bonds. The van der Waals surface area contributed by atoms with Crippen molar-refractivity contribution >= 4 is 23.2 Å². The maximum absolute atomic E-state index is 12.4. The molecule has 0 bridgehead atoms. The SMILES string of the molecule is CNC(=O)CN(C)C(=O)C[NH2+][C@@H](c1ccc(C(C)C)cc1)c1cccs1. The third-order valence-electron chi connectivity index (χ3n) is 4.43. The van der Waals surface area contributed by atoms with Crippen LogP contribution in [0.3, 0.4) is 0 Å². The second-order valence-electron chi connectivity index (χ2n) is 6.68. The smallest absolute Gasteiger partial charge is 0.277 e. The molecule has 3 N–H and O–H groups in total. The highest BCUT2D eigenvalue weighted by molar-refractivity contribution is 7.10. The maximum Gasteiger partial charge on any atom is 0.277 e. The molecule has 1 atom stereocenters. The van der Waals surface area contributed by atoms with Crippen LogP contribution in [0.25, 0.3) is 0 Å². The third-order valence-corrected chi connectivity index (χ3v) is 5.38. The summed E-state index contributed by atoms with van der Waals surface area (Å²) in [5, 5.41) is 6.63. The Labute approximate surface area is 159 Å². The Morgan fingerprint density at radius 2 is 1.81 bits per heavy atom. The standard InChI is InChI=1S/C20H27N3O2S/c1-14(2)15-7-9-16(10-8-15)20(17-6-5-11-26-17)22-12-19(25)23(4)13-18(24)21-3/h5-11,14,20,22H,12-13H2,1-4H3,(H,21,24)/p+1/t20-/m0/s1. The van der Waals surface area contributed by atoms with Gasteiger partial charge in [0.05, 0.1) is 11.4 Å². The van der Waals surface area contributed by atoms with Crippen molar-refractivity contribution in [2.75, 3.05) is 27.2 Å². The van der Waals surface area contributed by atoms with Gasteiger partial charge < -0.3 is 15.5 Å². The summed E-state index contributed by atoms with van der Waals surface area (Å²) >= 11 is 1.69. The predicted octanol–water partition coefficient (Wildman–Crippen LogP) is 1.73. The van der Waals surface area contributed by atoms with E-state index in [2.05, 4.69) is 54.9 Å². The Morgan fingerprint density at radius 1 is 1.15 bits per heavy atom. The number of hydrogen-bond acceptors (Lipinski definition) is 3. The average molecular weight is 375 g/mol. The van der Waals surface area contributed by atoms with Crippen molar-refractivity contribution in [3.63, 3.8) is 0 Å². The van der Waals surface area contributed by atoms with Crippen molar-refractivity contribution < 1.29 is 14.9 Å². The maximum atomic E-state index is 12.4. The molecule has 0 spiro atoms. The van der Waals surface area contributed by atoms with Crippen LogP contribution in [0.4, 0.5) is 0 Å². The molecular weight excluding hydrogens is 346 g/mol. The molecule has 1 aromatic carbocycles. The molecule has 1 aromatic heterocycles. The zero-order valence-electron chi connectivity index (χ0n) is 15.9. The zero-order chi connectivity index (χ0) is 19.1. The molecule has 0 fully saturated rings. The highest BCUT2D eigenvalue weighted by Crippen LogP contribution is 2.24. The van der Waals surface area contributed by atoms with E-state index in [0.717, 1.165) is 0 Å². The van der Waals surface area contributed by atoms with E-state index >= 15 is 0 Å². The highest BCUT2D eigenvalue weighted by atomic mass is 32.1. The van der Waals surface area contributed by atoms with Crippen molar-refractivity contribution in [1.82, 2.24) is 10.2 Å². The van der Waals surface area contributed by atoms with Gasteiger partial charge in [0.15, 0.2) is 6.54 Å². The first-order valence-corrected chi connectivity index (χ1v) is 9.71. The minimum Gasteiger partial charge on any atom is -0.358 e. The minimum atomic E-state index is -0.167. The van der Waals surface area contributed by atoms with Gasteiger partial charge in [-0.05, 0) is 22.9 Å². The van der Waals surface area contributed by atoms with Gasteiger partial charge in [-0.15, -0.1) is 11.3 Å². The minimum absolute atomic E-state index is 0.0612. The molecule has 140 valence electrons. The van der Waals surface area contributed by atoms with Crippen LogP contribution >= 0.6 is 11.3 Å². The molecule has 0 unspecified atom stereocenters. The number of amides is 2. The second-order valence-corrected chi connectivity index (χ2v) is 7.66. The first kappa shape index (κ1) is 20.1. The molecule has 2 rings (SSSR count). The lowest BCUT2D eigenvalue weighted by atomic mass is 9.98. The number of thiophene rings is 1. The summed E-state index contributed by atoms with van der Waals surface area (Å²) < 4.78 is 0. The van der Waals surface area contributed by atoms with Crippen LogP contribution in [0, 0.1) is 0 Å². The summed E-state index contributed by atoms with van der Waals surface area (Å²) in [5.41, 5.74) is 2.48. The van der Waals surface area contributed by atoms with Gasteiger partial charge >= 0.3 is 0 Å². The third kappa shape index (κ3) is 5.41. The van der Waals surface area contributed by atoms with Crippen molar-refractivity contribution in [2.24, 2.45) is 0 Å². The van der Waals surface area contributed by atoms with E-state index in [-0.39, 0.29) is 24.4 Å². The Morgan fingerprint density at radius 3 is 2.35 bits per heavy atom. The Kier molecular flexibility index (Phi) is 7.36. The van der Waals surface area contributed by atoms with E-state index in [1.807, 2.05) is 11.4 Å².